The summed E-state index contributed by atoms with van der Waals surface area (Å²) in [4.78, 5) is 12.9. The van der Waals surface area contributed by atoms with Crippen LogP contribution in [0.15, 0.2) is 44.7 Å². The summed E-state index contributed by atoms with van der Waals surface area (Å²) in [7, 11) is 0. The Kier molecular flexibility index (Phi) is 6.22. The molecular weight excluding hydrogens is 404 g/mol. The van der Waals surface area contributed by atoms with E-state index in [1.807, 2.05) is 36.4 Å². The van der Waals surface area contributed by atoms with Crippen molar-refractivity contribution in [3.05, 3.63) is 55.1 Å². The third-order valence-electron chi connectivity index (χ3n) is 2.61. The van der Waals surface area contributed by atoms with Crippen LogP contribution in [0.2, 0.25) is 0 Å². The summed E-state index contributed by atoms with van der Waals surface area (Å²) in [5.74, 6) is 0.00328. The molecule has 3 nitrogen and oxygen atoms in total. The molecule has 0 unspecified atom stereocenters. The molecule has 0 spiro atoms. The topological polar surface area (TPSA) is 41.1 Å². The molecule has 0 atom stereocenters. The van der Waals surface area contributed by atoms with E-state index in [1.54, 1.807) is 11.3 Å². The number of carbonyl (C=O) groups is 1. The second-order valence-electron chi connectivity index (χ2n) is 4.20. The maximum Gasteiger partial charge on any atom is 0.234 e. The average Bonchev–Trinajstić information content (AvgIpc) is 2.76. The van der Waals surface area contributed by atoms with E-state index in [2.05, 4.69) is 42.5 Å². The first-order valence-electron chi connectivity index (χ1n) is 6.10. The molecule has 20 heavy (non-hydrogen) atoms. The Bertz CT molecular complexity index is 552. The molecule has 0 radical (unpaired) electrons. The fourth-order valence-corrected chi connectivity index (χ4v) is 3.78. The Morgan fingerprint density at radius 2 is 1.90 bits per heavy atom. The molecule has 2 N–H and O–H groups in total. The molecule has 0 saturated carbocycles. The van der Waals surface area contributed by atoms with Gasteiger partial charge in [-0.3, -0.25) is 4.79 Å². The normalized spacial score (nSPS) is 10.5. The van der Waals surface area contributed by atoms with Crippen molar-refractivity contribution >= 4 is 49.1 Å². The number of hydrogen-bond donors (Lipinski definition) is 2. The monoisotopic (exact) mass is 416 g/mol. The van der Waals surface area contributed by atoms with Crippen molar-refractivity contribution in [2.24, 2.45) is 0 Å². The van der Waals surface area contributed by atoms with Gasteiger partial charge in [0.25, 0.3) is 0 Å². The SMILES string of the molecule is O=C(CNCc1cc(Br)c(Br)s1)NCc1ccccc1. The minimum absolute atomic E-state index is 0.00328. The molecule has 1 heterocycles. The molecule has 2 aromatic rings. The summed E-state index contributed by atoms with van der Waals surface area (Å²) in [5, 5.41) is 6.02. The number of benzene rings is 1. The zero-order valence-corrected chi connectivity index (χ0v) is 14.6. The lowest BCUT2D eigenvalue weighted by Gasteiger charge is -2.06. The lowest BCUT2D eigenvalue weighted by atomic mass is 10.2. The predicted octanol–water partition coefficient (Wildman–Crippen LogP) is 3.68. The van der Waals surface area contributed by atoms with E-state index in [0.29, 0.717) is 19.6 Å². The van der Waals surface area contributed by atoms with Crippen LogP contribution in [0.4, 0.5) is 0 Å². The predicted molar refractivity (Wildman–Crippen MR) is 89.7 cm³/mol. The zero-order chi connectivity index (χ0) is 14.4. The van der Waals surface area contributed by atoms with E-state index in [0.717, 1.165) is 13.8 Å². The second-order valence-corrected chi connectivity index (χ2v) is 7.51. The van der Waals surface area contributed by atoms with Crippen molar-refractivity contribution < 1.29 is 4.79 Å². The fraction of sp³-hybridized carbons (Fsp3) is 0.214. The summed E-state index contributed by atoms with van der Waals surface area (Å²) >= 11 is 8.55. The highest BCUT2D eigenvalue weighted by Crippen LogP contribution is 2.32. The molecule has 2 rings (SSSR count). The van der Waals surface area contributed by atoms with E-state index in [-0.39, 0.29) is 5.91 Å². The molecule has 1 amide bonds. The van der Waals surface area contributed by atoms with E-state index in [9.17, 15) is 4.79 Å². The minimum atomic E-state index is 0.00328. The summed E-state index contributed by atoms with van der Waals surface area (Å²) in [6.45, 7) is 1.57. The molecular formula is C14H14Br2N2OS. The smallest absolute Gasteiger partial charge is 0.234 e. The molecule has 1 aromatic heterocycles. The van der Waals surface area contributed by atoms with Crippen LogP contribution in [0.5, 0.6) is 0 Å². The van der Waals surface area contributed by atoms with Crippen LogP contribution in [0.25, 0.3) is 0 Å². The molecule has 0 bridgehead atoms. The highest BCUT2D eigenvalue weighted by molar-refractivity contribution is 9.13. The fourth-order valence-electron chi connectivity index (χ4n) is 1.64. The zero-order valence-electron chi connectivity index (χ0n) is 10.7. The highest BCUT2D eigenvalue weighted by atomic mass is 79.9. The summed E-state index contributed by atoms with van der Waals surface area (Å²) in [6.07, 6.45) is 0. The van der Waals surface area contributed by atoms with Crippen molar-refractivity contribution in [1.82, 2.24) is 10.6 Å². The van der Waals surface area contributed by atoms with Crippen LogP contribution < -0.4 is 10.6 Å². The van der Waals surface area contributed by atoms with E-state index >= 15 is 0 Å². The first-order valence-corrected chi connectivity index (χ1v) is 8.50. The van der Waals surface area contributed by atoms with Gasteiger partial charge in [-0.15, -0.1) is 11.3 Å². The van der Waals surface area contributed by atoms with Gasteiger partial charge < -0.3 is 10.6 Å². The van der Waals surface area contributed by atoms with Gasteiger partial charge >= 0.3 is 0 Å². The van der Waals surface area contributed by atoms with Crippen LogP contribution in [0.3, 0.4) is 0 Å². The average molecular weight is 418 g/mol. The van der Waals surface area contributed by atoms with Gasteiger partial charge in [-0.2, -0.15) is 0 Å². The number of nitrogens with one attached hydrogen (secondary N) is 2. The summed E-state index contributed by atoms with van der Waals surface area (Å²) in [6, 6.07) is 11.9. The number of rotatable bonds is 6. The van der Waals surface area contributed by atoms with Gasteiger partial charge in [-0.1, -0.05) is 30.3 Å². The molecule has 0 saturated heterocycles. The maximum atomic E-state index is 11.7. The second kappa shape index (κ2) is 7.93. The Hall–Kier alpha value is -0.690. The van der Waals surface area contributed by atoms with Crippen LogP contribution in [0.1, 0.15) is 10.4 Å². The van der Waals surface area contributed by atoms with Crippen LogP contribution in [-0.2, 0) is 17.9 Å². The Morgan fingerprint density at radius 3 is 2.55 bits per heavy atom. The summed E-state index contributed by atoms with van der Waals surface area (Å²) < 4.78 is 2.12. The number of thiophene rings is 1. The van der Waals surface area contributed by atoms with Gasteiger partial charge in [0, 0.05) is 22.4 Å². The Balaban J connectivity index is 1.68. The van der Waals surface area contributed by atoms with E-state index in [1.165, 1.54) is 4.88 Å². The van der Waals surface area contributed by atoms with Gasteiger partial charge in [0.1, 0.15) is 0 Å². The number of hydrogen-bond acceptors (Lipinski definition) is 3. The maximum absolute atomic E-state index is 11.7. The number of halogens is 2. The number of carbonyl (C=O) groups excluding carboxylic acids is 1. The molecule has 0 aliphatic heterocycles. The third kappa shape index (κ3) is 5.01. The van der Waals surface area contributed by atoms with Gasteiger partial charge in [0.05, 0.1) is 10.3 Å². The van der Waals surface area contributed by atoms with Gasteiger partial charge in [0.2, 0.25) is 5.91 Å². The van der Waals surface area contributed by atoms with Gasteiger partial charge in [-0.05, 0) is 43.5 Å². The van der Waals surface area contributed by atoms with Crippen molar-refractivity contribution in [2.45, 2.75) is 13.1 Å². The van der Waals surface area contributed by atoms with Crippen LogP contribution >= 0.6 is 43.2 Å². The first kappa shape index (κ1) is 15.7. The van der Waals surface area contributed by atoms with Crippen molar-refractivity contribution in [1.29, 1.82) is 0 Å². The minimum Gasteiger partial charge on any atom is -0.351 e. The standard InChI is InChI=1S/C14H14Br2N2OS/c15-12-6-11(20-14(12)16)8-17-9-13(19)18-7-10-4-2-1-3-5-10/h1-6,17H,7-9H2,(H,18,19). The number of amides is 1. The van der Waals surface area contributed by atoms with Crippen molar-refractivity contribution in [3.8, 4) is 0 Å². The molecule has 106 valence electrons. The lowest BCUT2D eigenvalue weighted by Crippen LogP contribution is -2.33. The van der Waals surface area contributed by atoms with Gasteiger partial charge in [0.15, 0.2) is 0 Å². The van der Waals surface area contributed by atoms with Crippen molar-refractivity contribution in [2.75, 3.05) is 6.54 Å². The third-order valence-corrected chi connectivity index (χ3v) is 5.87. The Labute approximate surface area is 139 Å². The molecule has 0 aliphatic carbocycles. The van der Waals surface area contributed by atoms with E-state index < -0.39 is 0 Å². The first-order chi connectivity index (χ1) is 9.65. The summed E-state index contributed by atoms with van der Waals surface area (Å²) in [5.41, 5.74) is 1.10. The van der Waals surface area contributed by atoms with Crippen LogP contribution in [0, 0.1) is 0 Å². The molecule has 0 aliphatic rings. The van der Waals surface area contributed by atoms with Crippen molar-refractivity contribution in [3.63, 3.8) is 0 Å². The molecule has 6 heteroatoms. The largest absolute Gasteiger partial charge is 0.351 e. The van der Waals surface area contributed by atoms with Gasteiger partial charge in [-0.25, -0.2) is 0 Å². The quantitative estimate of drug-likeness (QED) is 0.752. The highest BCUT2D eigenvalue weighted by Gasteiger charge is 2.05. The van der Waals surface area contributed by atoms with Crippen LogP contribution in [-0.4, -0.2) is 12.5 Å². The van der Waals surface area contributed by atoms with E-state index in [4.69, 9.17) is 0 Å². The Morgan fingerprint density at radius 1 is 1.15 bits per heavy atom. The molecule has 1 aromatic carbocycles. The molecule has 0 fully saturated rings. The lowest BCUT2D eigenvalue weighted by molar-refractivity contribution is -0.120.